The summed E-state index contributed by atoms with van der Waals surface area (Å²) in [5, 5.41) is 0. The van der Waals surface area contributed by atoms with Crippen LogP contribution >= 0.6 is 0 Å². The highest BCUT2D eigenvalue weighted by atomic mass is 16.1. The van der Waals surface area contributed by atoms with Crippen LogP contribution in [0.25, 0.3) is 0 Å². The van der Waals surface area contributed by atoms with E-state index in [0.29, 0.717) is 0 Å². The molecular formula is C4H6NO. The van der Waals surface area contributed by atoms with E-state index in [1.165, 1.54) is 0 Å². The molecule has 0 saturated carbocycles. The molecule has 1 aliphatic rings. The van der Waals surface area contributed by atoms with Gasteiger partial charge in [0.15, 0.2) is 0 Å². The monoisotopic (exact) mass is 84.0 g/mol. The fourth-order valence-corrected chi connectivity index (χ4v) is 0.408. The molecule has 0 aromatic carbocycles. The highest BCUT2D eigenvalue weighted by molar-refractivity contribution is 5.49. The molecule has 1 aliphatic heterocycles. The molecule has 0 aromatic rings. The van der Waals surface area contributed by atoms with Gasteiger partial charge in [-0.1, -0.05) is 0 Å². The standard InChI is InChI=1S/C4H6NO/c6-4-5-2-1-3-5/h1-3H2. The Kier molecular flexibility index (Phi) is 0.783. The first-order chi connectivity index (χ1) is 2.93. The van der Waals surface area contributed by atoms with E-state index < -0.39 is 0 Å². The molecule has 2 heteroatoms. The van der Waals surface area contributed by atoms with Crippen LogP contribution in [0.4, 0.5) is 0 Å². The maximum atomic E-state index is 9.59. The van der Waals surface area contributed by atoms with Crippen LogP contribution in [0.5, 0.6) is 0 Å². The van der Waals surface area contributed by atoms with E-state index in [1.54, 1.807) is 11.3 Å². The van der Waals surface area contributed by atoms with Gasteiger partial charge in [-0.3, -0.25) is 4.79 Å². The lowest BCUT2D eigenvalue weighted by molar-refractivity contribution is 0.282. The molecule has 0 aromatic heterocycles. The molecule has 1 amide bonds. The highest BCUT2D eigenvalue weighted by Gasteiger charge is 2.09. The SMILES string of the molecule is O=[C]N1CCC1. The molecule has 1 radical (unpaired) electrons. The Bertz CT molecular complexity index is 58.6. The van der Waals surface area contributed by atoms with Crippen LogP contribution < -0.4 is 0 Å². The molecule has 1 rings (SSSR count). The molecule has 0 aliphatic carbocycles. The minimum Gasteiger partial charge on any atom is -0.334 e. The van der Waals surface area contributed by atoms with E-state index in [2.05, 4.69) is 0 Å². The summed E-state index contributed by atoms with van der Waals surface area (Å²) >= 11 is 0. The Morgan fingerprint density at radius 3 is 2.17 bits per heavy atom. The zero-order valence-electron chi connectivity index (χ0n) is 3.48. The van der Waals surface area contributed by atoms with E-state index in [-0.39, 0.29) is 0 Å². The zero-order valence-corrected chi connectivity index (χ0v) is 3.48. The van der Waals surface area contributed by atoms with Gasteiger partial charge in [0.05, 0.1) is 0 Å². The van der Waals surface area contributed by atoms with Gasteiger partial charge in [0.25, 0.3) is 0 Å². The highest BCUT2D eigenvalue weighted by Crippen LogP contribution is 1.99. The van der Waals surface area contributed by atoms with Gasteiger partial charge in [0.1, 0.15) is 0 Å². The Hall–Kier alpha value is -0.530. The van der Waals surface area contributed by atoms with Gasteiger partial charge in [-0.15, -0.1) is 0 Å². The summed E-state index contributed by atoms with van der Waals surface area (Å²) in [6.45, 7) is 1.84. The molecular weight excluding hydrogens is 78.0 g/mol. The summed E-state index contributed by atoms with van der Waals surface area (Å²) in [6, 6.07) is 0. The second-order valence-electron chi connectivity index (χ2n) is 1.43. The summed E-state index contributed by atoms with van der Waals surface area (Å²) in [5.41, 5.74) is 0. The topological polar surface area (TPSA) is 20.3 Å². The maximum absolute atomic E-state index is 9.59. The largest absolute Gasteiger partial charge is 0.334 e. The lowest BCUT2D eigenvalue weighted by Gasteiger charge is -2.24. The van der Waals surface area contributed by atoms with Crippen LogP contribution in [0.1, 0.15) is 6.42 Å². The number of likely N-dealkylation sites (tertiary alicyclic amines) is 1. The molecule has 0 bridgehead atoms. The van der Waals surface area contributed by atoms with Crippen LogP contribution in [0.3, 0.4) is 0 Å². The van der Waals surface area contributed by atoms with Gasteiger partial charge in [0, 0.05) is 13.1 Å². The first kappa shape index (κ1) is 3.65. The summed E-state index contributed by atoms with van der Waals surface area (Å²) in [4.78, 5) is 11.2. The molecule has 0 N–H and O–H groups in total. The van der Waals surface area contributed by atoms with E-state index >= 15 is 0 Å². The summed E-state index contributed by atoms with van der Waals surface area (Å²) < 4.78 is 0. The fourth-order valence-electron chi connectivity index (χ4n) is 0.408. The predicted molar refractivity (Wildman–Crippen MR) is 21.9 cm³/mol. The van der Waals surface area contributed by atoms with Gasteiger partial charge in [0.2, 0.25) is 0 Å². The van der Waals surface area contributed by atoms with E-state index in [1.807, 2.05) is 0 Å². The predicted octanol–water partition coefficient (Wildman–Crippen LogP) is -0.241. The van der Waals surface area contributed by atoms with Crippen molar-refractivity contribution in [1.82, 2.24) is 4.90 Å². The average Bonchev–Trinajstić information content (AvgIpc) is 1.31. The van der Waals surface area contributed by atoms with Crippen LogP contribution in [0, 0.1) is 0 Å². The van der Waals surface area contributed by atoms with E-state index in [9.17, 15) is 4.79 Å². The average molecular weight is 84.1 g/mol. The maximum Gasteiger partial charge on any atom is 0.312 e. The smallest absolute Gasteiger partial charge is 0.312 e. The Balaban J connectivity index is 2.16. The molecule has 1 heterocycles. The summed E-state index contributed by atoms with van der Waals surface area (Å²) in [7, 11) is 0. The minimum absolute atomic E-state index is 0.920. The number of nitrogens with zero attached hydrogens (tertiary/aromatic N) is 1. The molecule has 1 fully saturated rings. The van der Waals surface area contributed by atoms with Gasteiger partial charge < -0.3 is 4.90 Å². The van der Waals surface area contributed by atoms with Crippen LogP contribution in [-0.4, -0.2) is 24.4 Å². The molecule has 6 heavy (non-hydrogen) atoms. The van der Waals surface area contributed by atoms with Crippen molar-refractivity contribution in [3.63, 3.8) is 0 Å². The van der Waals surface area contributed by atoms with Crippen molar-refractivity contribution >= 4 is 6.41 Å². The number of amides is 1. The lowest BCUT2D eigenvalue weighted by atomic mass is 10.2. The normalized spacial score (nSPS) is 19.7. The molecule has 2 nitrogen and oxygen atoms in total. The van der Waals surface area contributed by atoms with Crippen molar-refractivity contribution in [1.29, 1.82) is 0 Å². The number of carbonyl (C=O) groups excluding carboxylic acids is 1. The minimum atomic E-state index is 0.920. The summed E-state index contributed by atoms with van der Waals surface area (Å²) in [5.74, 6) is 0. The second kappa shape index (κ2) is 1.29. The molecule has 1 saturated heterocycles. The fraction of sp³-hybridized carbons (Fsp3) is 0.750. The van der Waals surface area contributed by atoms with Crippen molar-refractivity contribution in [2.45, 2.75) is 6.42 Å². The van der Waals surface area contributed by atoms with Gasteiger partial charge in [-0.05, 0) is 6.42 Å². The molecule has 33 valence electrons. The number of rotatable bonds is 1. The van der Waals surface area contributed by atoms with Crippen molar-refractivity contribution in [3.05, 3.63) is 0 Å². The molecule has 0 unspecified atom stereocenters. The van der Waals surface area contributed by atoms with E-state index in [4.69, 9.17) is 0 Å². The van der Waals surface area contributed by atoms with Crippen molar-refractivity contribution < 1.29 is 4.79 Å². The first-order valence-corrected chi connectivity index (χ1v) is 2.06. The Morgan fingerprint density at radius 2 is 2.17 bits per heavy atom. The van der Waals surface area contributed by atoms with Crippen molar-refractivity contribution in [3.8, 4) is 0 Å². The van der Waals surface area contributed by atoms with E-state index in [0.717, 1.165) is 19.5 Å². The third-order valence-electron chi connectivity index (χ3n) is 0.985. The third kappa shape index (κ3) is 0.379. The third-order valence-corrected chi connectivity index (χ3v) is 0.985. The van der Waals surface area contributed by atoms with Crippen LogP contribution in [0.15, 0.2) is 0 Å². The first-order valence-electron chi connectivity index (χ1n) is 2.06. The second-order valence-corrected chi connectivity index (χ2v) is 1.43. The quantitative estimate of drug-likeness (QED) is 0.429. The van der Waals surface area contributed by atoms with Crippen molar-refractivity contribution in [2.24, 2.45) is 0 Å². The summed E-state index contributed by atoms with van der Waals surface area (Å²) in [6.07, 6.45) is 2.95. The van der Waals surface area contributed by atoms with Crippen molar-refractivity contribution in [2.75, 3.05) is 13.1 Å². The Morgan fingerprint density at radius 1 is 1.50 bits per heavy atom. The number of hydrogen-bond donors (Lipinski definition) is 0. The molecule has 0 atom stereocenters. The molecule has 0 spiro atoms. The lowest BCUT2D eigenvalue weighted by Crippen LogP contribution is -2.35. The van der Waals surface area contributed by atoms with Gasteiger partial charge in [-0.2, -0.15) is 0 Å². The zero-order chi connectivity index (χ0) is 4.41. The Labute approximate surface area is 36.7 Å². The van der Waals surface area contributed by atoms with Gasteiger partial charge >= 0.3 is 6.41 Å². The van der Waals surface area contributed by atoms with Gasteiger partial charge in [-0.25, -0.2) is 0 Å². The van der Waals surface area contributed by atoms with Crippen LogP contribution in [0.2, 0.25) is 0 Å². The number of hydrogen-bond acceptors (Lipinski definition) is 1. The van der Waals surface area contributed by atoms with Crippen LogP contribution in [-0.2, 0) is 4.79 Å².